The number of halogens is 6. The molecule has 0 radical (unpaired) electrons. The molecule has 0 N–H and O–H groups in total. The Labute approximate surface area is 128 Å². The van der Waals surface area contributed by atoms with Crippen LogP contribution in [0.15, 0.2) is 24.4 Å². The standard InChI is InChI=1S/C10H18N3OS.F6P/c1-11(2)10(12(3)4)15-13(14)8-6-5-7-9-13;1-7(2,3,4,5)6/h5-8H,9H2,1-4H3;/q+1;-1. The van der Waals surface area contributed by atoms with Crippen molar-refractivity contribution in [2.45, 2.75) is 0 Å². The molecule has 1 atom stereocenters. The average Bonchev–Trinajstić information content (AvgIpc) is 2.22. The zero-order chi connectivity index (χ0) is 17.9. The third-order valence-corrected chi connectivity index (χ3v) is 3.40. The van der Waals surface area contributed by atoms with Crippen LogP contribution in [0.1, 0.15) is 0 Å². The molecular weight excluding hydrogens is 355 g/mol. The zero-order valence-electron chi connectivity index (χ0n) is 12.4. The van der Waals surface area contributed by atoms with Crippen molar-refractivity contribution in [2.24, 2.45) is 0 Å². The Bertz CT molecular complexity index is 486. The van der Waals surface area contributed by atoms with E-state index in [1.54, 1.807) is 12.3 Å². The fraction of sp³-hybridized carbons (Fsp3) is 0.500. The van der Waals surface area contributed by atoms with Crippen LogP contribution in [0.5, 0.6) is 0 Å². The summed E-state index contributed by atoms with van der Waals surface area (Å²) in [5.41, 5.74) is 0. The molecule has 0 saturated heterocycles. The second kappa shape index (κ2) is 6.03. The number of quaternary nitrogens is 1. The van der Waals surface area contributed by atoms with E-state index in [0.717, 1.165) is 5.17 Å². The van der Waals surface area contributed by atoms with Crippen molar-refractivity contribution in [3.05, 3.63) is 29.6 Å². The van der Waals surface area contributed by atoms with Crippen LogP contribution in [0.3, 0.4) is 0 Å². The number of hydrogen-bond donors (Lipinski definition) is 0. The maximum atomic E-state index is 12.2. The molecule has 0 aliphatic carbocycles. The molecule has 4 nitrogen and oxygen atoms in total. The second-order valence-electron chi connectivity index (χ2n) is 4.80. The molecule has 22 heavy (non-hydrogen) atoms. The van der Waals surface area contributed by atoms with E-state index >= 15 is 0 Å². The zero-order valence-corrected chi connectivity index (χ0v) is 14.1. The van der Waals surface area contributed by atoms with Crippen LogP contribution >= 0.6 is 19.8 Å². The van der Waals surface area contributed by atoms with E-state index in [9.17, 15) is 30.4 Å². The van der Waals surface area contributed by atoms with E-state index in [2.05, 4.69) is 0 Å². The predicted molar refractivity (Wildman–Crippen MR) is 78.7 cm³/mol. The summed E-state index contributed by atoms with van der Waals surface area (Å²) in [5.74, 6) is 0. The first-order valence-corrected chi connectivity index (χ1v) is 8.60. The fourth-order valence-electron chi connectivity index (χ4n) is 1.30. The Kier molecular flexibility index (Phi) is 5.82. The van der Waals surface area contributed by atoms with Crippen molar-refractivity contribution in [1.82, 2.24) is 4.90 Å². The number of allylic oxidation sites excluding steroid dienone is 2. The minimum absolute atomic E-state index is 0.387. The Morgan fingerprint density at radius 2 is 1.59 bits per heavy atom. The van der Waals surface area contributed by atoms with E-state index in [4.69, 9.17) is 0 Å². The van der Waals surface area contributed by atoms with Gasteiger partial charge in [-0.3, -0.25) is 13.5 Å². The van der Waals surface area contributed by atoms with E-state index < -0.39 is 7.81 Å². The van der Waals surface area contributed by atoms with E-state index in [0.29, 0.717) is 6.54 Å². The first-order valence-electron chi connectivity index (χ1n) is 5.80. The molecule has 0 aromatic rings. The molecule has 1 aliphatic rings. The van der Waals surface area contributed by atoms with Gasteiger partial charge in [0.1, 0.15) is 12.7 Å². The van der Waals surface area contributed by atoms with Crippen LogP contribution in [0.4, 0.5) is 25.2 Å². The van der Waals surface area contributed by atoms with Crippen LogP contribution in [0.2, 0.25) is 0 Å². The van der Waals surface area contributed by atoms with Gasteiger partial charge in [-0.1, -0.05) is 6.08 Å². The number of amidine groups is 1. The summed E-state index contributed by atoms with van der Waals surface area (Å²) in [4.78, 5) is 1.95. The first-order chi connectivity index (χ1) is 9.39. The van der Waals surface area contributed by atoms with Crippen molar-refractivity contribution >= 4 is 24.9 Å². The van der Waals surface area contributed by atoms with Gasteiger partial charge in [0, 0.05) is 0 Å². The molecule has 1 unspecified atom stereocenters. The Morgan fingerprint density at radius 1 is 1.14 bits per heavy atom. The Hall–Kier alpha value is -0.770. The van der Waals surface area contributed by atoms with Crippen LogP contribution in [-0.4, -0.2) is 53.4 Å². The molecule has 0 bridgehead atoms. The molecular formula is C10H18F6N3OPS. The number of nitrogens with zero attached hydrogens (tertiary/aromatic N) is 3. The minimum atomic E-state index is -10.7. The third-order valence-electron chi connectivity index (χ3n) is 1.92. The SMILES string of the molecule is CN(C)C(S[N+]1([O-])C=CC=CC1)=[N+](C)C.F[P-](F)(F)(F)(F)F. The fourth-order valence-corrected chi connectivity index (χ4v) is 2.19. The summed E-state index contributed by atoms with van der Waals surface area (Å²) < 4.78 is 60.8. The summed E-state index contributed by atoms with van der Waals surface area (Å²) in [6, 6.07) is 0. The van der Waals surface area contributed by atoms with Gasteiger partial charge in [0.25, 0.3) is 0 Å². The summed E-state index contributed by atoms with van der Waals surface area (Å²) in [6.45, 7) is 0.479. The van der Waals surface area contributed by atoms with Gasteiger partial charge in [-0.2, -0.15) is 0 Å². The van der Waals surface area contributed by atoms with Crippen molar-refractivity contribution in [1.29, 1.82) is 0 Å². The number of hydroxylamine groups is 2. The van der Waals surface area contributed by atoms with Crippen molar-refractivity contribution < 1.29 is 33.8 Å². The third kappa shape index (κ3) is 12.9. The van der Waals surface area contributed by atoms with Crippen molar-refractivity contribution in [3.8, 4) is 0 Å². The summed E-state index contributed by atoms with van der Waals surface area (Å²) in [5, 5.41) is 13.2. The molecule has 0 spiro atoms. The average molecular weight is 373 g/mol. The van der Waals surface area contributed by atoms with E-state index in [1.165, 1.54) is 11.9 Å². The molecule has 132 valence electrons. The normalized spacial score (nSPS) is 23.8. The van der Waals surface area contributed by atoms with Gasteiger partial charge in [0.2, 0.25) is 11.9 Å². The molecule has 1 rings (SSSR count). The van der Waals surface area contributed by atoms with Gasteiger partial charge in [-0.05, 0) is 12.2 Å². The molecule has 1 aliphatic heterocycles. The van der Waals surface area contributed by atoms with Gasteiger partial charge < -0.3 is 5.21 Å². The summed E-state index contributed by atoms with van der Waals surface area (Å²) >= 11 is 1.30. The Morgan fingerprint density at radius 3 is 1.86 bits per heavy atom. The molecule has 0 saturated carbocycles. The molecule has 1 heterocycles. The van der Waals surface area contributed by atoms with E-state index in [-0.39, 0.29) is 4.05 Å². The van der Waals surface area contributed by atoms with Crippen LogP contribution in [0, 0.1) is 5.21 Å². The summed E-state index contributed by atoms with van der Waals surface area (Å²) in [6.07, 6.45) is 7.26. The quantitative estimate of drug-likeness (QED) is 0.0983. The first kappa shape index (κ1) is 21.2. The molecule has 12 heteroatoms. The molecule has 0 amide bonds. The topological polar surface area (TPSA) is 29.3 Å². The molecule has 0 fully saturated rings. The predicted octanol–water partition coefficient (Wildman–Crippen LogP) is 4.60. The van der Waals surface area contributed by atoms with Gasteiger partial charge in [-0.15, -0.1) is 0 Å². The number of rotatable bonds is 1. The van der Waals surface area contributed by atoms with Crippen LogP contribution < -0.4 is 0 Å². The molecule has 0 aromatic heterocycles. The number of hydrogen-bond acceptors (Lipinski definition) is 2. The summed E-state index contributed by atoms with van der Waals surface area (Å²) in [7, 11) is -2.89. The van der Waals surface area contributed by atoms with Crippen molar-refractivity contribution in [2.75, 3.05) is 34.7 Å². The Balaban J connectivity index is 0.000000534. The second-order valence-corrected chi connectivity index (χ2v) is 7.88. The van der Waals surface area contributed by atoms with Crippen LogP contribution in [-0.2, 0) is 0 Å². The van der Waals surface area contributed by atoms with Gasteiger partial charge in [0.05, 0.1) is 28.2 Å². The molecule has 0 aromatic carbocycles. The van der Waals surface area contributed by atoms with Gasteiger partial charge in [-0.25, -0.2) is 0 Å². The van der Waals surface area contributed by atoms with Crippen LogP contribution in [0.25, 0.3) is 0 Å². The van der Waals surface area contributed by atoms with Gasteiger partial charge in [0.15, 0.2) is 0 Å². The van der Waals surface area contributed by atoms with Crippen molar-refractivity contribution in [3.63, 3.8) is 0 Å². The monoisotopic (exact) mass is 373 g/mol. The van der Waals surface area contributed by atoms with E-state index in [1.807, 2.05) is 49.8 Å². The van der Waals surface area contributed by atoms with Gasteiger partial charge >= 0.3 is 38.2 Å². The maximum absolute atomic E-state index is 12.2.